The van der Waals surface area contributed by atoms with E-state index in [9.17, 15) is 15.0 Å². The zero-order valence-corrected chi connectivity index (χ0v) is 12.5. The minimum Gasteiger partial charge on any atom is -0.504 e. The first-order valence-electron chi connectivity index (χ1n) is 6.77. The van der Waals surface area contributed by atoms with Crippen LogP contribution in [-0.4, -0.2) is 24.4 Å². The van der Waals surface area contributed by atoms with Crippen molar-refractivity contribution in [2.75, 3.05) is 14.2 Å². The number of methoxy groups -OCH3 is 2. The molecule has 0 aliphatic carbocycles. The summed E-state index contributed by atoms with van der Waals surface area (Å²) in [6, 6.07) is 10.1. The van der Waals surface area contributed by atoms with Gasteiger partial charge in [0.15, 0.2) is 28.6 Å². The number of phenolic OH excluding ortho intramolecular Hbond substituents is 1. The molecule has 0 amide bonds. The summed E-state index contributed by atoms with van der Waals surface area (Å²) >= 11 is 0. The van der Waals surface area contributed by atoms with E-state index in [1.54, 1.807) is 30.3 Å². The van der Waals surface area contributed by atoms with Crippen molar-refractivity contribution in [2.45, 2.75) is 0 Å². The third-order valence-electron chi connectivity index (χ3n) is 3.52. The largest absolute Gasteiger partial charge is 0.504 e. The van der Waals surface area contributed by atoms with Crippen LogP contribution in [0.4, 0.5) is 0 Å². The van der Waals surface area contributed by atoms with E-state index in [1.807, 2.05) is 0 Å². The van der Waals surface area contributed by atoms with Gasteiger partial charge in [0, 0.05) is 11.6 Å². The number of benzene rings is 2. The van der Waals surface area contributed by atoms with Crippen molar-refractivity contribution in [1.29, 1.82) is 0 Å². The molecule has 2 aromatic carbocycles. The number of ether oxygens (including phenoxy) is 2. The Hall–Kier alpha value is -3.15. The van der Waals surface area contributed by atoms with Gasteiger partial charge in [-0.1, -0.05) is 30.3 Å². The van der Waals surface area contributed by atoms with E-state index in [0.717, 1.165) is 0 Å². The molecular formula is C17H14O6. The molecule has 3 aromatic rings. The zero-order valence-electron chi connectivity index (χ0n) is 12.5. The highest BCUT2D eigenvalue weighted by Gasteiger charge is 2.23. The molecule has 0 radical (unpaired) electrons. The maximum Gasteiger partial charge on any atom is 0.239 e. The van der Waals surface area contributed by atoms with Crippen molar-refractivity contribution in [3.63, 3.8) is 0 Å². The van der Waals surface area contributed by atoms with Crippen molar-refractivity contribution >= 4 is 11.0 Å². The van der Waals surface area contributed by atoms with Gasteiger partial charge in [0.25, 0.3) is 0 Å². The highest BCUT2D eigenvalue weighted by atomic mass is 16.5. The quantitative estimate of drug-likeness (QED) is 0.772. The van der Waals surface area contributed by atoms with Gasteiger partial charge in [0.1, 0.15) is 5.39 Å². The lowest BCUT2D eigenvalue weighted by molar-refractivity contribution is 0.364. The first-order chi connectivity index (χ1) is 11.1. The predicted molar refractivity (Wildman–Crippen MR) is 84.4 cm³/mol. The first kappa shape index (κ1) is 14.8. The van der Waals surface area contributed by atoms with Crippen LogP contribution in [0.15, 0.2) is 45.6 Å². The lowest BCUT2D eigenvalue weighted by Gasteiger charge is -2.12. The van der Waals surface area contributed by atoms with Crippen molar-refractivity contribution in [1.82, 2.24) is 0 Å². The van der Waals surface area contributed by atoms with Crippen LogP contribution in [0.2, 0.25) is 0 Å². The predicted octanol–water partition coefficient (Wildman–Crippen LogP) is 2.89. The fourth-order valence-corrected chi connectivity index (χ4v) is 2.38. The second kappa shape index (κ2) is 5.57. The van der Waals surface area contributed by atoms with E-state index in [-0.39, 0.29) is 28.2 Å². The van der Waals surface area contributed by atoms with E-state index in [0.29, 0.717) is 5.56 Å². The Labute approximate surface area is 131 Å². The van der Waals surface area contributed by atoms with E-state index in [1.165, 1.54) is 20.3 Å². The Morgan fingerprint density at radius 2 is 1.61 bits per heavy atom. The molecule has 0 spiro atoms. The molecule has 0 aliphatic heterocycles. The third-order valence-corrected chi connectivity index (χ3v) is 3.52. The highest BCUT2D eigenvalue weighted by molar-refractivity contribution is 5.93. The van der Waals surface area contributed by atoms with Crippen LogP contribution in [0, 0.1) is 0 Å². The average molecular weight is 314 g/mol. The average Bonchev–Trinajstić information content (AvgIpc) is 2.58. The van der Waals surface area contributed by atoms with Gasteiger partial charge in [0.2, 0.25) is 11.2 Å². The van der Waals surface area contributed by atoms with Gasteiger partial charge in [-0.25, -0.2) is 0 Å². The molecule has 0 atom stereocenters. The Kier molecular flexibility index (Phi) is 3.57. The summed E-state index contributed by atoms with van der Waals surface area (Å²) in [5.74, 6) is -0.732. The summed E-state index contributed by atoms with van der Waals surface area (Å²) in [6.45, 7) is 0. The molecule has 0 bridgehead atoms. The molecule has 0 fully saturated rings. The van der Waals surface area contributed by atoms with Gasteiger partial charge in [-0.05, 0) is 0 Å². The molecule has 3 rings (SSSR count). The van der Waals surface area contributed by atoms with E-state index < -0.39 is 16.9 Å². The van der Waals surface area contributed by atoms with Gasteiger partial charge >= 0.3 is 0 Å². The highest BCUT2D eigenvalue weighted by Crippen LogP contribution is 2.42. The molecule has 6 nitrogen and oxygen atoms in total. The SMILES string of the molecule is COc1cc(OC)c2oc(-c3ccccc3)c(O)c(=O)c2c1O. The minimum absolute atomic E-state index is 0.00552. The summed E-state index contributed by atoms with van der Waals surface area (Å²) < 4.78 is 15.9. The summed E-state index contributed by atoms with van der Waals surface area (Å²) in [4.78, 5) is 12.5. The second-order valence-electron chi connectivity index (χ2n) is 4.81. The molecule has 0 saturated carbocycles. The van der Waals surface area contributed by atoms with Crippen LogP contribution in [-0.2, 0) is 0 Å². The summed E-state index contributed by atoms with van der Waals surface area (Å²) in [6.07, 6.45) is 0. The number of rotatable bonds is 3. The van der Waals surface area contributed by atoms with Crippen LogP contribution in [0.25, 0.3) is 22.3 Å². The van der Waals surface area contributed by atoms with Crippen LogP contribution < -0.4 is 14.9 Å². The molecule has 1 heterocycles. The number of fused-ring (bicyclic) bond motifs is 1. The van der Waals surface area contributed by atoms with Crippen molar-refractivity contribution in [3.05, 3.63) is 46.6 Å². The van der Waals surface area contributed by atoms with Crippen LogP contribution >= 0.6 is 0 Å². The van der Waals surface area contributed by atoms with E-state index >= 15 is 0 Å². The van der Waals surface area contributed by atoms with Crippen LogP contribution in [0.1, 0.15) is 0 Å². The van der Waals surface area contributed by atoms with Gasteiger partial charge < -0.3 is 24.1 Å². The lowest BCUT2D eigenvalue weighted by Crippen LogP contribution is -2.04. The molecule has 1 aromatic heterocycles. The molecule has 0 saturated heterocycles. The van der Waals surface area contributed by atoms with Crippen molar-refractivity contribution < 1.29 is 24.1 Å². The number of hydrogen-bond acceptors (Lipinski definition) is 6. The maximum absolute atomic E-state index is 12.5. The number of phenols is 1. The van der Waals surface area contributed by atoms with Crippen molar-refractivity contribution in [2.24, 2.45) is 0 Å². The van der Waals surface area contributed by atoms with Gasteiger partial charge in [-0.15, -0.1) is 0 Å². The Morgan fingerprint density at radius 3 is 2.22 bits per heavy atom. The normalized spacial score (nSPS) is 10.7. The molecule has 0 unspecified atom stereocenters. The van der Waals surface area contributed by atoms with E-state index in [4.69, 9.17) is 13.9 Å². The Morgan fingerprint density at radius 1 is 0.957 bits per heavy atom. The van der Waals surface area contributed by atoms with Crippen molar-refractivity contribution in [3.8, 4) is 34.3 Å². The number of hydrogen-bond donors (Lipinski definition) is 2. The minimum atomic E-state index is -0.764. The van der Waals surface area contributed by atoms with Gasteiger partial charge in [-0.3, -0.25) is 4.79 Å². The van der Waals surface area contributed by atoms with E-state index in [2.05, 4.69) is 0 Å². The molecule has 118 valence electrons. The fraction of sp³-hybridized carbons (Fsp3) is 0.118. The van der Waals surface area contributed by atoms with Crippen LogP contribution in [0.5, 0.6) is 23.0 Å². The fourth-order valence-electron chi connectivity index (χ4n) is 2.38. The second-order valence-corrected chi connectivity index (χ2v) is 4.81. The third kappa shape index (κ3) is 2.24. The molecule has 0 aliphatic rings. The zero-order chi connectivity index (χ0) is 16.6. The Bertz CT molecular complexity index is 927. The monoisotopic (exact) mass is 314 g/mol. The summed E-state index contributed by atoms with van der Waals surface area (Å²) in [5, 5.41) is 20.2. The standard InChI is InChI=1S/C17H14O6/c1-21-10-8-11(22-2)17-12(13(10)18)14(19)15(20)16(23-17)9-6-4-3-5-7-9/h3-8,18,20H,1-2H3. The Balaban J connectivity index is 2.45. The molecular weight excluding hydrogens is 300 g/mol. The van der Waals surface area contributed by atoms with Crippen LogP contribution in [0.3, 0.4) is 0 Å². The summed E-state index contributed by atoms with van der Waals surface area (Å²) in [7, 11) is 2.75. The molecule has 23 heavy (non-hydrogen) atoms. The van der Waals surface area contributed by atoms with Gasteiger partial charge in [0.05, 0.1) is 14.2 Å². The molecule has 2 N–H and O–H groups in total. The summed E-state index contributed by atoms with van der Waals surface area (Å²) in [5.41, 5.74) is -0.200. The van der Waals surface area contributed by atoms with Gasteiger partial charge in [-0.2, -0.15) is 0 Å². The molecule has 6 heteroatoms. The topological polar surface area (TPSA) is 89.1 Å². The maximum atomic E-state index is 12.5. The first-order valence-corrected chi connectivity index (χ1v) is 6.77. The lowest BCUT2D eigenvalue weighted by atomic mass is 10.1. The smallest absolute Gasteiger partial charge is 0.239 e. The number of aromatic hydroxyl groups is 2.